The topological polar surface area (TPSA) is 111 Å². The van der Waals surface area contributed by atoms with Crippen LogP contribution in [0.5, 0.6) is 0 Å². The van der Waals surface area contributed by atoms with Crippen molar-refractivity contribution in [2.75, 3.05) is 0 Å². The van der Waals surface area contributed by atoms with Crippen LogP contribution in [-0.2, 0) is 6.42 Å². The van der Waals surface area contributed by atoms with Gasteiger partial charge in [0.2, 0.25) is 0 Å². The number of rotatable bonds is 5. The molecule has 1 aromatic carbocycles. The van der Waals surface area contributed by atoms with Gasteiger partial charge in [-0.3, -0.25) is 10.1 Å². The summed E-state index contributed by atoms with van der Waals surface area (Å²) in [6.45, 7) is 1.90. The third kappa shape index (κ3) is 2.48. The fourth-order valence-corrected chi connectivity index (χ4v) is 1.87. The molecular formula is C12H12N4O4. The van der Waals surface area contributed by atoms with Crippen molar-refractivity contribution >= 4 is 11.7 Å². The minimum absolute atomic E-state index is 0.0858. The summed E-state index contributed by atoms with van der Waals surface area (Å²) in [5, 5.41) is 27.3. The van der Waals surface area contributed by atoms with Crippen molar-refractivity contribution in [3.8, 4) is 5.69 Å². The number of non-ortho nitro benzene ring substituents is 1. The van der Waals surface area contributed by atoms with Crippen molar-refractivity contribution in [2.24, 2.45) is 0 Å². The summed E-state index contributed by atoms with van der Waals surface area (Å²) in [6.07, 6.45) is 1.18. The van der Waals surface area contributed by atoms with Crippen LogP contribution < -0.4 is 0 Å². The minimum atomic E-state index is -1.16. The molecule has 1 aromatic heterocycles. The van der Waals surface area contributed by atoms with Gasteiger partial charge in [-0.15, -0.1) is 5.10 Å². The van der Waals surface area contributed by atoms with Gasteiger partial charge in [0.1, 0.15) is 0 Å². The lowest BCUT2D eigenvalue weighted by atomic mass is 10.2. The van der Waals surface area contributed by atoms with E-state index in [1.807, 2.05) is 6.92 Å². The van der Waals surface area contributed by atoms with E-state index in [2.05, 4.69) is 10.3 Å². The summed E-state index contributed by atoms with van der Waals surface area (Å²) in [7, 11) is 0. The number of carboxylic acid groups (broad SMARTS) is 1. The van der Waals surface area contributed by atoms with E-state index in [1.165, 1.54) is 22.9 Å². The Labute approximate surface area is 113 Å². The number of aromatic nitrogens is 3. The number of nitrogens with zero attached hydrogens (tertiary/aromatic N) is 4. The van der Waals surface area contributed by atoms with E-state index in [0.717, 1.165) is 0 Å². The Kier molecular flexibility index (Phi) is 3.74. The van der Waals surface area contributed by atoms with Gasteiger partial charge in [0, 0.05) is 12.1 Å². The van der Waals surface area contributed by atoms with E-state index in [4.69, 9.17) is 5.11 Å². The van der Waals surface area contributed by atoms with Gasteiger partial charge in [-0.2, -0.15) is 0 Å². The molecule has 0 aliphatic rings. The highest BCUT2D eigenvalue weighted by Gasteiger charge is 2.20. The van der Waals surface area contributed by atoms with Crippen molar-refractivity contribution in [1.29, 1.82) is 0 Å². The molecule has 0 aliphatic heterocycles. The molecule has 0 amide bonds. The molecule has 2 rings (SSSR count). The first kappa shape index (κ1) is 13.7. The maximum absolute atomic E-state index is 11.1. The molecule has 8 nitrogen and oxygen atoms in total. The highest BCUT2D eigenvalue weighted by atomic mass is 16.6. The zero-order chi connectivity index (χ0) is 14.7. The molecule has 0 bridgehead atoms. The van der Waals surface area contributed by atoms with Gasteiger partial charge in [0.25, 0.3) is 5.69 Å². The normalized spacial score (nSPS) is 10.4. The maximum Gasteiger partial charge on any atom is 0.358 e. The lowest BCUT2D eigenvalue weighted by molar-refractivity contribution is -0.384. The summed E-state index contributed by atoms with van der Waals surface area (Å²) in [5.41, 5.74) is 0.638. The first-order chi connectivity index (χ1) is 9.54. The van der Waals surface area contributed by atoms with Crippen LogP contribution in [0.1, 0.15) is 29.5 Å². The third-order valence-corrected chi connectivity index (χ3v) is 2.74. The Morgan fingerprint density at radius 3 is 2.85 bits per heavy atom. The zero-order valence-corrected chi connectivity index (χ0v) is 10.7. The lowest BCUT2D eigenvalue weighted by Crippen LogP contribution is -2.07. The molecule has 1 heterocycles. The molecule has 2 aromatic rings. The highest BCUT2D eigenvalue weighted by Crippen LogP contribution is 2.19. The molecule has 0 unspecified atom stereocenters. The quantitative estimate of drug-likeness (QED) is 0.658. The molecule has 0 saturated carbocycles. The highest BCUT2D eigenvalue weighted by molar-refractivity contribution is 5.86. The average molecular weight is 276 g/mol. The number of hydrogen-bond acceptors (Lipinski definition) is 5. The molecule has 1 N–H and O–H groups in total. The Morgan fingerprint density at radius 1 is 1.50 bits per heavy atom. The van der Waals surface area contributed by atoms with Crippen LogP contribution in [0.15, 0.2) is 24.3 Å². The molecule has 8 heteroatoms. The number of aromatic carboxylic acids is 1. The van der Waals surface area contributed by atoms with E-state index in [1.54, 1.807) is 6.07 Å². The second-order valence-electron chi connectivity index (χ2n) is 4.13. The summed E-state index contributed by atoms with van der Waals surface area (Å²) < 4.78 is 1.33. The largest absolute Gasteiger partial charge is 0.476 e. The fraction of sp³-hybridized carbons (Fsp3) is 0.250. The van der Waals surface area contributed by atoms with Crippen molar-refractivity contribution in [1.82, 2.24) is 15.0 Å². The average Bonchev–Trinajstić information content (AvgIpc) is 2.83. The van der Waals surface area contributed by atoms with Crippen molar-refractivity contribution < 1.29 is 14.8 Å². The van der Waals surface area contributed by atoms with E-state index < -0.39 is 10.9 Å². The molecule has 0 spiro atoms. The van der Waals surface area contributed by atoms with E-state index >= 15 is 0 Å². The van der Waals surface area contributed by atoms with Gasteiger partial charge in [-0.25, -0.2) is 9.48 Å². The number of carboxylic acids is 1. The molecule has 0 atom stereocenters. The smallest absolute Gasteiger partial charge is 0.358 e. The van der Waals surface area contributed by atoms with Gasteiger partial charge in [0.15, 0.2) is 5.69 Å². The molecule has 20 heavy (non-hydrogen) atoms. The van der Waals surface area contributed by atoms with E-state index in [-0.39, 0.29) is 11.4 Å². The number of nitro benzene ring substituents is 1. The SMILES string of the molecule is CCCc1c(C(=O)O)nnn1-c1cccc([N+](=O)[O-])c1. The Morgan fingerprint density at radius 2 is 2.25 bits per heavy atom. The van der Waals surface area contributed by atoms with Gasteiger partial charge in [-0.05, 0) is 12.5 Å². The minimum Gasteiger partial charge on any atom is -0.476 e. The van der Waals surface area contributed by atoms with E-state index in [0.29, 0.717) is 24.2 Å². The van der Waals surface area contributed by atoms with Crippen molar-refractivity contribution in [2.45, 2.75) is 19.8 Å². The van der Waals surface area contributed by atoms with Crippen molar-refractivity contribution in [3.63, 3.8) is 0 Å². The summed E-state index contributed by atoms with van der Waals surface area (Å²) in [5.74, 6) is -1.16. The maximum atomic E-state index is 11.1. The molecule has 0 aliphatic carbocycles. The van der Waals surface area contributed by atoms with Gasteiger partial charge in [0.05, 0.1) is 16.3 Å². The first-order valence-corrected chi connectivity index (χ1v) is 5.97. The number of benzene rings is 1. The predicted octanol–water partition coefficient (Wildman–Crippen LogP) is 1.83. The second kappa shape index (κ2) is 5.47. The van der Waals surface area contributed by atoms with Crippen molar-refractivity contribution in [3.05, 3.63) is 45.8 Å². The standard InChI is InChI=1S/C12H12N4O4/c1-2-4-10-11(12(17)18)13-14-15(10)8-5-3-6-9(7-8)16(19)20/h3,5-7H,2,4H2,1H3,(H,17,18). The van der Waals surface area contributed by atoms with Gasteiger partial charge >= 0.3 is 5.97 Å². The molecule has 104 valence electrons. The van der Waals surface area contributed by atoms with Crippen LogP contribution in [0.3, 0.4) is 0 Å². The lowest BCUT2D eigenvalue weighted by Gasteiger charge is -2.05. The van der Waals surface area contributed by atoms with Crippen LogP contribution in [0.4, 0.5) is 5.69 Å². The molecular weight excluding hydrogens is 264 g/mol. The van der Waals surface area contributed by atoms with Gasteiger partial charge < -0.3 is 5.11 Å². The Bertz CT molecular complexity index is 665. The molecule has 0 saturated heterocycles. The Balaban J connectivity index is 2.54. The van der Waals surface area contributed by atoms with E-state index in [9.17, 15) is 14.9 Å². The molecule has 0 radical (unpaired) electrons. The second-order valence-corrected chi connectivity index (χ2v) is 4.13. The number of nitro groups is 1. The number of carbonyl (C=O) groups is 1. The predicted molar refractivity (Wildman–Crippen MR) is 69.0 cm³/mol. The van der Waals surface area contributed by atoms with Gasteiger partial charge in [-0.1, -0.05) is 24.6 Å². The fourth-order valence-electron chi connectivity index (χ4n) is 1.87. The summed E-state index contributed by atoms with van der Waals surface area (Å²) in [4.78, 5) is 21.4. The monoisotopic (exact) mass is 276 g/mol. The molecule has 0 fully saturated rings. The van der Waals surface area contributed by atoms with Crippen LogP contribution in [0.2, 0.25) is 0 Å². The van der Waals surface area contributed by atoms with Crippen LogP contribution in [0.25, 0.3) is 5.69 Å². The van der Waals surface area contributed by atoms with Crippen LogP contribution in [0, 0.1) is 10.1 Å². The summed E-state index contributed by atoms with van der Waals surface area (Å²) >= 11 is 0. The van der Waals surface area contributed by atoms with Crippen LogP contribution in [-0.4, -0.2) is 31.0 Å². The third-order valence-electron chi connectivity index (χ3n) is 2.74. The first-order valence-electron chi connectivity index (χ1n) is 5.97. The zero-order valence-electron chi connectivity index (χ0n) is 10.7. The number of hydrogen-bond donors (Lipinski definition) is 1. The Hall–Kier alpha value is -2.77. The summed E-state index contributed by atoms with van der Waals surface area (Å²) in [6, 6.07) is 5.83. The van der Waals surface area contributed by atoms with Crippen LogP contribution >= 0.6 is 0 Å².